The van der Waals surface area contributed by atoms with Gasteiger partial charge in [-0.2, -0.15) is 0 Å². The van der Waals surface area contributed by atoms with E-state index in [0.717, 1.165) is 36.8 Å². The fourth-order valence-electron chi connectivity index (χ4n) is 4.35. The zero-order chi connectivity index (χ0) is 23.9. The summed E-state index contributed by atoms with van der Waals surface area (Å²) in [5.74, 6) is -0.873. The third-order valence-corrected chi connectivity index (χ3v) is 6.89. The molecule has 4 rings (SSSR count). The number of aryl methyl sites for hydroxylation is 1. The zero-order valence-electron chi connectivity index (χ0n) is 19.2. The van der Waals surface area contributed by atoms with Crippen LogP contribution in [0.15, 0.2) is 72.1 Å². The van der Waals surface area contributed by atoms with Crippen LogP contribution in [0.1, 0.15) is 52.5 Å². The van der Waals surface area contributed by atoms with E-state index in [-0.39, 0.29) is 30.3 Å². The fraction of sp³-hybridized carbons (Fsp3) is 0.296. The van der Waals surface area contributed by atoms with Crippen molar-refractivity contribution in [3.63, 3.8) is 0 Å². The quantitative estimate of drug-likeness (QED) is 0.499. The number of anilines is 1. The Hall–Kier alpha value is -3.45. The number of carbonyl (C=O) groups is 3. The molecule has 1 aliphatic carbocycles. The highest BCUT2D eigenvalue weighted by Crippen LogP contribution is 2.30. The van der Waals surface area contributed by atoms with Crippen molar-refractivity contribution in [2.24, 2.45) is 0 Å². The number of benzene rings is 2. The summed E-state index contributed by atoms with van der Waals surface area (Å²) in [6.45, 7) is 1.73. The fourth-order valence-corrected chi connectivity index (χ4v) is 4.99. The van der Waals surface area contributed by atoms with Gasteiger partial charge in [0.2, 0.25) is 11.8 Å². The van der Waals surface area contributed by atoms with Crippen molar-refractivity contribution in [1.29, 1.82) is 0 Å². The Morgan fingerprint density at radius 1 is 1.00 bits per heavy atom. The Morgan fingerprint density at radius 3 is 2.44 bits per heavy atom. The predicted molar refractivity (Wildman–Crippen MR) is 135 cm³/mol. The van der Waals surface area contributed by atoms with Gasteiger partial charge in [0.25, 0.3) is 5.91 Å². The van der Waals surface area contributed by atoms with Gasteiger partial charge in [-0.3, -0.25) is 19.3 Å². The summed E-state index contributed by atoms with van der Waals surface area (Å²) in [5.41, 5.74) is 2.31. The first kappa shape index (κ1) is 23.7. The molecule has 6 nitrogen and oxygen atoms in total. The van der Waals surface area contributed by atoms with E-state index in [4.69, 9.17) is 0 Å². The number of nitrogens with one attached hydrogen (secondary N) is 2. The summed E-state index contributed by atoms with van der Waals surface area (Å²) in [7, 11) is 0. The van der Waals surface area contributed by atoms with E-state index < -0.39 is 6.04 Å². The molecule has 2 N–H and O–H groups in total. The number of thiophene rings is 1. The molecular weight excluding hydrogens is 446 g/mol. The van der Waals surface area contributed by atoms with E-state index in [1.807, 2.05) is 66.9 Å². The number of amides is 3. The van der Waals surface area contributed by atoms with Crippen LogP contribution in [0, 0.1) is 6.92 Å². The largest absolute Gasteiger partial charge is 0.351 e. The highest BCUT2D eigenvalue weighted by atomic mass is 32.1. The average molecular weight is 476 g/mol. The third kappa shape index (κ3) is 5.72. The maximum Gasteiger partial charge on any atom is 0.261 e. The first-order valence-electron chi connectivity index (χ1n) is 11.6. The molecule has 176 valence electrons. The van der Waals surface area contributed by atoms with Gasteiger partial charge in [0.05, 0.1) is 11.4 Å². The van der Waals surface area contributed by atoms with Gasteiger partial charge < -0.3 is 10.6 Å². The van der Waals surface area contributed by atoms with E-state index in [2.05, 4.69) is 10.6 Å². The summed E-state index contributed by atoms with van der Waals surface area (Å²) in [6.07, 6.45) is 4.08. The topological polar surface area (TPSA) is 78.5 Å². The minimum absolute atomic E-state index is 0.117. The number of rotatable bonds is 8. The van der Waals surface area contributed by atoms with E-state index in [1.165, 1.54) is 16.2 Å². The van der Waals surface area contributed by atoms with Crippen LogP contribution in [-0.4, -0.2) is 30.3 Å². The highest BCUT2D eigenvalue weighted by Gasteiger charge is 2.34. The molecule has 0 unspecified atom stereocenters. The molecule has 3 aromatic rings. The maximum atomic E-state index is 13.6. The van der Waals surface area contributed by atoms with Crippen LogP contribution in [0.4, 0.5) is 5.69 Å². The first-order valence-corrected chi connectivity index (χ1v) is 12.5. The average Bonchev–Trinajstić information content (AvgIpc) is 3.56. The molecule has 1 aromatic heterocycles. The summed E-state index contributed by atoms with van der Waals surface area (Å²) in [4.78, 5) is 41.8. The second kappa shape index (κ2) is 11.1. The second-order valence-corrected chi connectivity index (χ2v) is 9.51. The first-order chi connectivity index (χ1) is 16.5. The van der Waals surface area contributed by atoms with Crippen molar-refractivity contribution in [3.05, 3.63) is 88.1 Å². The van der Waals surface area contributed by atoms with Gasteiger partial charge >= 0.3 is 0 Å². The van der Waals surface area contributed by atoms with Crippen LogP contribution in [-0.2, 0) is 9.59 Å². The van der Waals surface area contributed by atoms with Crippen LogP contribution < -0.4 is 15.5 Å². The van der Waals surface area contributed by atoms with E-state index in [0.29, 0.717) is 10.6 Å². The van der Waals surface area contributed by atoms with Crippen molar-refractivity contribution in [2.45, 2.75) is 44.7 Å². The highest BCUT2D eigenvalue weighted by molar-refractivity contribution is 7.12. The standard InChI is InChI=1S/C27H29N3O3S/c1-19-9-7-14-22(17-19)30(24(31)18-28-26(32)23-15-8-16-34-23)25(20-10-3-2-4-11-20)27(33)29-21-12-5-6-13-21/h2-4,7-11,14-17,21,25H,5-6,12-13,18H2,1H3,(H,28,32)(H,29,33)/t25-/m1/s1. The van der Waals surface area contributed by atoms with Gasteiger partial charge in [-0.25, -0.2) is 0 Å². The van der Waals surface area contributed by atoms with Crippen molar-refractivity contribution in [3.8, 4) is 0 Å². The second-order valence-electron chi connectivity index (χ2n) is 8.57. The molecule has 1 fully saturated rings. The van der Waals surface area contributed by atoms with Crippen LogP contribution in [0.5, 0.6) is 0 Å². The van der Waals surface area contributed by atoms with Crippen LogP contribution in [0.3, 0.4) is 0 Å². The van der Waals surface area contributed by atoms with E-state index in [1.54, 1.807) is 12.1 Å². The molecule has 1 saturated carbocycles. The van der Waals surface area contributed by atoms with E-state index >= 15 is 0 Å². The summed E-state index contributed by atoms with van der Waals surface area (Å²) in [5, 5.41) is 7.70. The third-order valence-electron chi connectivity index (χ3n) is 6.02. The molecule has 0 radical (unpaired) electrons. The lowest BCUT2D eigenvalue weighted by atomic mass is 10.0. The Morgan fingerprint density at radius 2 is 1.76 bits per heavy atom. The minimum atomic E-state index is -0.852. The van der Waals surface area contributed by atoms with Gasteiger partial charge in [0, 0.05) is 11.7 Å². The smallest absolute Gasteiger partial charge is 0.261 e. The van der Waals surface area contributed by atoms with Gasteiger partial charge in [0.1, 0.15) is 6.04 Å². The molecule has 34 heavy (non-hydrogen) atoms. The molecule has 0 bridgehead atoms. The molecule has 0 spiro atoms. The van der Waals surface area contributed by atoms with Crippen LogP contribution >= 0.6 is 11.3 Å². The number of carbonyl (C=O) groups excluding carboxylic acids is 3. The number of hydrogen-bond acceptors (Lipinski definition) is 4. The zero-order valence-corrected chi connectivity index (χ0v) is 20.0. The molecule has 3 amide bonds. The Kier molecular flexibility index (Phi) is 7.75. The van der Waals surface area contributed by atoms with Gasteiger partial charge in [-0.05, 0) is 54.5 Å². The normalized spacial score (nSPS) is 14.4. The Bertz CT molecular complexity index is 1130. The Labute approximate surface area is 204 Å². The van der Waals surface area contributed by atoms with Crippen molar-refractivity contribution in [2.75, 3.05) is 11.4 Å². The van der Waals surface area contributed by atoms with E-state index in [9.17, 15) is 14.4 Å². The molecule has 1 heterocycles. The number of hydrogen-bond donors (Lipinski definition) is 2. The summed E-state index contributed by atoms with van der Waals surface area (Å²) in [6, 6.07) is 19.6. The Balaban J connectivity index is 1.66. The summed E-state index contributed by atoms with van der Waals surface area (Å²) < 4.78 is 0. The number of nitrogens with zero attached hydrogens (tertiary/aromatic N) is 1. The van der Waals surface area contributed by atoms with Crippen LogP contribution in [0.25, 0.3) is 0 Å². The lowest BCUT2D eigenvalue weighted by Gasteiger charge is -2.32. The van der Waals surface area contributed by atoms with Crippen molar-refractivity contribution in [1.82, 2.24) is 10.6 Å². The lowest BCUT2D eigenvalue weighted by molar-refractivity contribution is -0.126. The molecule has 0 saturated heterocycles. The molecule has 2 aromatic carbocycles. The maximum absolute atomic E-state index is 13.6. The van der Waals surface area contributed by atoms with Crippen molar-refractivity contribution < 1.29 is 14.4 Å². The molecular formula is C27H29N3O3S. The van der Waals surface area contributed by atoms with Gasteiger partial charge in [0.15, 0.2) is 0 Å². The van der Waals surface area contributed by atoms with Gasteiger partial charge in [-0.1, -0.05) is 61.4 Å². The predicted octanol–water partition coefficient (Wildman–Crippen LogP) is 4.62. The molecule has 1 aliphatic rings. The molecule has 1 atom stereocenters. The molecule has 7 heteroatoms. The van der Waals surface area contributed by atoms with Crippen molar-refractivity contribution >= 4 is 34.7 Å². The molecule has 0 aliphatic heterocycles. The lowest BCUT2D eigenvalue weighted by Crippen LogP contribution is -2.49. The van der Waals surface area contributed by atoms with Crippen LogP contribution in [0.2, 0.25) is 0 Å². The monoisotopic (exact) mass is 475 g/mol. The van der Waals surface area contributed by atoms with Gasteiger partial charge in [-0.15, -0.1) is 11.3 Å². The SMILES string of the molecule is Cc1cccc(N(C(=O)CNC(=O)c2cccs2)[C@@H](C(=O)NC2CCCC2)c2ccccc2)c1. The summed E-state index contributed by atoms with van der Waals surface area (Å²) >= 11 is 1.31. The minimum Gasteiger partial charge on any atom is -0.351 e.